The fourth-order valence-corrected chi connectivity index (χ4v) is 5.35. The molecule has 10 heteroatoms. The van der Waals surface area contributed by atoms with Gasteiger partial charge in [0.2, 0.25) is 11.8 Å². The van der Waals surface area contributed by atoms with Crippen LogP contribution in [0.15, 0.2) is 12.1 Å². The molecule has 180 valence electrons. The lowest BCUT2D eigenvalue weighted by molar-refractivity contribution is -0.175. The Labute approximate surface area is 194 Å². The van der Waals surface area contributed by atoms with E-state index in [0.717, 1.165) is 0 Å². The third kappa shape index (κ3) is 3.27. The number of Topliss-reactive ketones (excluding diaryl/α,β-unsaturated/α-hetero) is 4. The number of anilines is 1. The molecule has 4 rings (SSSR count). The van der Waals surface area contributed by atoms with Crippen LogP contribution in [0.25, 0.3) is 0 Å². The number of hydrogen-bond donors (Lipinski definition) is 4. The molecule has 2 unspecified atom stereocenters. The summed E-state index contributed by atoms with van der Waals surface area (Å²) in [4.78, 5) is 76.1. The summed E-state index contributed by atoms with van der Waals surface area (Å²) < 4.78 is 0. The van der Waals surface area contributed by atoms with Crippen molar-refractivity contribution in [3.8, 4) is 5.75 Å². The molecule has 34 heavy (non-hydrogen) atoms. The van der Waals surface area contributed by atoms with Crippen molar-refractivity contribution in [1.29, 1.82) is 0 Å². The van der Waals surface area contributed by atoms with Crippen LogP contribution in [0.4, 0.5) is 5.69 Å². The van der Waals surface area contributed by atoms with Crippen LogP contribution >= 0.6 is 0 Å². The van der Waals surface area contributed by atoms with E-state index in [9.17, 15) is 39.0 Å². The molecular formula is C24H26N2O8. The van der Waals surface area contributed by atoms with Crippen molar-refractivity contribution >= 4 is 40.6 Å². The van der Waals surface area contributed by atoms with Gasteiger partial charge in [-0.25, -0.2) is 0 Å². The Morgan fingerprint density at radius 3 is 2.32 bits per heavy atom. The zero-order valence-corrected chi connectivity index (χ0v) is 19.0. The number of nitrogens with two attached hydrogens (primary N) is 1. The van der Waals surface area contributed by atoms with Crippen LogP contribution in [0.3, 0.4) is 0 Å². The van der Waals surface area contributed by atoms with Gasteiger partial charge in [-0.1, -0.05) is 26.8 Å². The average Bonchev–Trinajstić information content (AvgIpc) is 2.71. The minimum Gasteiger partial charge on any atom is -0.505 e. The molecule has 0 saturated heterocycles. The van der Waals surface area contributed by atoms with Gasteiger partial charge in [-0.15, -0.1) is 0 Å². The van der Waals surface area contributed by atoms with Crippen molar-refractivity contribution in [2.24, 2.45) is 34.8 Å². The maximum absolute atomic E-state index is 13.4. The second-order valence-electron chi connectivity index (χ2n) is 10.4. The highest BCUT2D eigenvalue weighted by atomic mass is 16.3. The van der Waals surface area contributed by atoms with Crippen molar-refractivity contribution in [2.75, 3.05) is 5.32 Å². The Kier molecular flexibility index (Phi) is 5.28. The lowest BCUT2D eigenvalue weighted by Gasteiger charge is -2.48. The van der Waals surface area contributed by atoms with Crippen LogP contribution in [0.2, 0.25) is 0 Å². The number of amides is 2. The van der Waals surface area contributed by atoms with Crippen molar-refractivity contribution in [3.63, 3.8) is 0 Å². The molecule has 3 aliphatic rings. The molecule has 10 nitrogen and oxygen atoms in total. The first-order valence-corrected chi connectivity index (χ1v) is 11.0. The Hall–Kier alpha value is -3.40. The number of carbonyl (C=O) groups excluding carboxylic acids is 6. The second-order valence-corrected chi connectivity index (χ2v) is 10.4. The van der Waals surface area contributed by atoms with Gasteiger partial charge >= 0.3 is 0 Å². The molecule has 2 amide bonds. The lowest BCUT2D eigenvalue weighted by Crippen LogP contribution is -2.68. The zero-order chi connectivity index (χ0) is 25.3. The molecule has 0 aliphatic heterocycles. The van der Waals surface area contributed by atoms with Gasteiger partial charge in [0.15, 0.2) is 34.7 Å². The summed E-state index contributed by atoms with van der Waals surface area (Å²) in [5, 5.41) is 24.6. The third-order valence-corrected chi connectivity index (χ3v) is 7.20. The highest BCUT2D eigenvalue weighted by Crippen LogP contribution is 2.50. The van der Waals surface area contributed by atoms with Crippen molar-refractivity contribution in [1.82, 2.24) is 0 Å². The Balaban J connectivity index is 1.74. The Bertz CT molecular complexity index is 1180. The first kappa shape index (κ1) is 23.7. The molecule has 0 spiro atoms. The molecule has 0 heterocycles. The molecule has 1 aromatic rings. The number of nitrogens with one attached hydrogen (secondary N) is 1. The summed E-state index contributed by atoms with van der Waals surface area (Å²) in [6.45, 7) is 5.03. The number of benzene rings is 1. The van der Waals surface area contributed by atoms with Crippen molar-refractivity contribution < 1.29 is 39.0 Å². The fourth-order valence-electron chi connectivity index (χ4n) is 5.35. The summed E-state index contributed by atoms with van der Waals surface area (Å²) in [5.41, 5.74) is 2.01. The van der Waals surface area contributed by atoms with Crippen molar-refractivity contribution in [3.05, 3.63) is 23.3 Å². The number of rotatable bonds is 2. The monoisotopic (exact) mass is 470 g/mol. The fraction of sp³-hybridized carbons (Fsp3) is 0.500. The molecule has 2 fully saturated rings. The van der Waals surface area contributed by atoms with E-state index in [1.165, 1.54) is 6.07 Å². The number of primary amides is 1. The van der Waals surface area contributed by atoms with Crippen LogP contribution in [0.5, 0.6) is 5.75 Å². The van der Waals surface area contributed by atoms with Gasteiger partial charge in [-0.3, -0.25) is 28.8 Å². The molecule has 5 atom stereocenters. The van der Waals surface area contributed by atoms with E-state index in [1.807, 2.05) is 0 Å². The number of carbonyl (C=O) groups is 6. The number of aromatic hydroxyl groups is 1. The van der Waals surface area contributed by atoms with Crippen LogP contribution in [-0.4, -0.2) is 50.8 Å². The Morgan fingerprint density at radius 2 is 1.74 bits per heavy atom. The molecular weight excluding hydrogens is 444 g/mol. The number of fused-ring (bicyclic) bond motifs is 3. The van der Waals surface area contributed by atoms with Crippen LogP contribution in [0.1, 0.15) is 49.5 Å². The largest absolute Gasteiger partial charge is 0.505 e. The van der Waals surface area contributed by atoms with Gasteiger partial charge < -0.3 is 21.3 Å². The van der Waals surface area contributed by atoms with E-state index in [0.29, 0.717) is 5.56 Å². The van der Waals surface area contributed by atoms with Crippen molar-refractivity contribution in [2.45, 2.75) is 45.6 Å². The Morgan fingerprint density at radius 1 is 1.09 bits per heavy atom. The minimum atomic E-state index is -2.68. The van der Waals surface area contributed by atoms with Gasteiger partial charge in [-0.2, -0.15) is 0 Å². The quantitative estimate of drug-likeness (QED) is 0.352. The summed E-state index contributed by atoms with van der Waals surface area (Å²) >= 11 is 0. The molecule has 3 aliphatic carbocycles. The SMILES string of the molecule is CC(C)(C)C(=O)Nc1ccc2c(c1O)C(=O)C1C(=O)[C@]3(O)C(=O)C(C(N)=O)C(=O)C[C@@H]3C[C@@H]1C2. The van der Waals surface area contributed by atoms with E-state index in [-0.39, 0.29) is 30.5 Å². The topological polar surface area (TPSA) is 181 Å². The van der Waals surface area contributed by atoms with E-state index in [4.69, 9.17) is 5.73 Å². The molecule has 0 radical (unpaired) electrons. The summed E-state index contributed by atoms with van der Waals surface area (Å²) in [6.07, 6.45) is -0.161. The van der Waals surface area contributed by atoms with E-state index < -0.39 is 75.4 Å². The van der Waals surface area contributed by atoms with Crippen LogP contribution in [0, 0.1) is 29.1 Å². The van der Waals surface area contributed by atoms with E-state index >= 15 is 0 Å². The van der Waals surface area contributed by atoms with Gasteiger partial charge in [-0.05, 0) is 30.4 Å². The lowest BCUT2D eigenvalue weighted by atomic mass is 9.54. The van der Waals surface area contributed by atoms with Gasteiger partial charge in [0.1, 0.15) is 5.75 Å². The predicted octanol–water partition coefficient (Wildman–Crippen LogP) is 0.312. The first-order chi connectivity index (χ1) is 15.7. The zero-order valence-electron chi connectivity index (χ0n) is 19.0. The first-order valence-electron chi connectivity index (χ1n) is 11.0. The third-order valence-electron chi connectivity index (χ3n) is 7.20. The molecule has 0 bridgehead atoms. The summed E-state index contributed by atoms with van der Waals surface area (Å²) in [7, 11) is 0. The van der Waals surface area contributed by atoms with Crippen LogP contribution in [-0.2, 0) is 30.4 Å². The highest BCUT2D eigenvalue weighted by Gasteiger charge is 2.66. The highest BCUT2D eigenvalue weighted by molar-refractivity contribution is 6.31. The predicted molar refractivity (Wildman–Crippen MR) is 117 cm³/mol. The maximum atomic E-state index is 13.4. The van der Waals surface area contributed by atoms with Gasteiger partial charge in [0.05, 0.1) is 17.2 Å². The number of ketones is 4. The number of aliphatic hydroxyl groups is 1. The van der Waals surface area contributed by atoms with Gasteiger partial charge in [0.25, 0.3) is 0 Å². The summed E-state index contributed by atoms with van der Waals surface area (Å²) in [5.74, 6) is -11.1. The smallest absolute Gasteiger partial charge is 0.235 e. The minimum absolute atomic E-state index is 0.00143. The standard InChI is InChI=1S/C24H26N2O8/c1-23(2,3)22(33)26-12-5-4-9-6-10-7-11-8-13(27)16(21(25)32)20(31)24(11,34)19(30)15(10)18(29)14(9)17(12)28/h4-5,10-11,15-16,28,34H,6-8H2,1-3H3,(H2,25,32)(H,26,33)/t10-,11-,15?,16?,24-/m0/s1. The number of phenolic OH excluding ortho intramolecular Hbond substituents is 1. The number of phenols is 1. The second kappa shape index (κ2) is 7.56. The van der Waals surface area contributed by atoms with E-state index in [2.05, 4.69) is 5.32 Å². The maximum Gasteiger partial charge on any atom is 0.235 e. The summed E-state index contributed by atoms with van der Waals surface area (Å²) in [6, 6.07) is 3.05. The van der Waals surface area contributed by atoms with E-state index in [1.54, 1.807) is 26.8 Å². The average molecular weight is 470 g/mol. The van der Waals surface area contributed by atoms with Gasteiger partial charge in [0, 0.05) is 17.8 Å². The normalized spacial score (nSPS) is 30.8. The molecule has 0 aromatic heterocycles. The molecule has 1 aromatic carbocycles. The van der Waals surface area contributed by atoms with Crippen LogP contribution < -0.4 is 11.1 Å². The molecule has 5 N–H and O–H groups in total. The number of hydrogen-bond acceptors (Lipinski definition) is 8. The molecule has 2 saturated carbocycles.